The number of halogens is 1. The van der Waals surface area contributed by atoms with E-state index in [-0.39, 0.29) is 18.4 Å². The van der Waals surface area contributed by atoms with E-state index in [1.165, 1.54) is 17.4 Å². The van der Waals surface area contributed by atoms with E-state index in [9.17, 15) is 0 Å². The third kappa shape index (κ3) is 1.99. The van der Waals surface area contributed by atoms with Crippen LogP contribution in [0.15, 0.2) is 12.7 Å². The van der Waals surface area contributed by atoms with Crippen molar-refractivity contribution in [1.29, 1.82) is 0 Å². The molecule has 2 atom stereocenters. The summed E-state index contributed by atoms with van der Waals surface area (Å²) >= 11 is 5.86. The zero-order valence-electron chi connectivity index (χ0n) is 9.06. The summed E-state index contributed by atoms with van der Waals surface area (Å²) in [4.78, 5) is 17.3. The monoisotopic (exact) mass is 272 g/mol. The van der Waals surface area contributed by atoms with Crippen LogP contribution in [0.5, 0.6) is 0 Å². The van der Waals surface area contributed by atoms with Crippen LogP contribution in [0.3, 0.4) is 0 Å². The van der Waals surface area contributed by atoms with Crippen LogP contribution in [0, 0.1) is 0 Å². The Morgan fingerprint density at radius 3 is 3.17 bits per heavy atom. The van der Waals surface area contributed by atoms with E-state index < -0.39 is 12.6 Å². The Hall–Kier alpha value is -1.48. The Morgan fingerprint density at radius 1 is 1.50 bits per heavy atom. The van der Waals surface area contributed by atoms with Crippen molar-refractivity contribution in [2.75, 3.05) is 13.2 Å². The van der Waals surface area contributed by atoms with Crippen LogP contribution in [-0.4, -0.2) is 50.6 Å². The zero-order chi connectivity index (χ0) is 12.5. The quantitative estimate of drug-likeness (QED) is 0.760. The summed E-state index contributed by atoms with van der Waals surface area (Å²) in [6.07, 6.45) is 1.44. The van der Waals surface area contributed by atoms with E-state index in [0.29, 0.717) is 11.2 Å². The first kappa shape index (κ1) is 11.6. The van der Waals surface area contributed by atoms with Gasteiger partial charge in [0.15, 0.2) is 11.4 Å². The van der Waals surface area contributed by atoms with Gasteiger partial charge in [0, 0.05) is 0 Å². The van der Waals surface area contributed by atoms with Crippen LogP contribution in [-0.2, 0) is 9.47 Å². The topological polar surface area (TPSA) is 91.5 Å². The number of aliphatic hydroxyl groups is 1. The molecule has 1 saturated heterocycles. The van der Waals surface area contributed by atoms with E-state index >= 15 is 0 Å². The van der Waals surface area contributed by atoms with Gasteiger partial charge < -0.3 is 19.4 Å². The normalized spacial score (nSPS) is 23.7. The van der Waals surface area contributed by atoms with Crippen molar-refractivity contribution in [2.24, 2.45) is 0 Å². The van der Waals surface area contributed by atoms with E-state index in [1.54, 1.807) is 0 Å². The summed E-state index contributed by atoms with van der Waals surface area (Å²) in [7, 11) is 0. The second kappa shape index (κ2) is 4.65. The van der Waals surface area contributed by atoms with E-state index in [1.807, 2.05) is 0 Å². The van der Waals surface area contributed by atoms with Gasteiger partial charge in [0.2, 0.25) is 5.65 Å². The van der Waals surface area contributed by atoms with Crippen molar-refractivity contribution in [3.63, 3.8) is 0 Å². The molecule has 0 radical (unpaired) electrons. The van der Waals surface area contributed by atoms with Gasteiger partial charge in [-0.15, -0.1) is 4.73 Å². The van der Waals surface area contributed by atoms with Gasteiger partial charge in [0.25, 0.3) is 6.29 Å². The van der Waals surface area contributed by atoms with E-state index in [0.717, 1.165) is 0 Å². The fraction of sp³-hybridized carbons (Fsp3) is 0.444. The first-order valence-electron chi connectivity index (χ1n) is 5.16. The van der Waals surface area contributed by atoms with Crippen molar-refractivity contribution < 1.29 is 19.4 Å². The first-order chi connectivity index (χ1) is 8.78. The number of rotatable bonds is 3. The number of hydrogen-bond donors (Lipinski definition) is 1. The fourth-order valence-corrected chi connectivity index (χ4v) is 1.75. The van der Waals surface area contributed by atoms with Gasteiger partial charge in [0.05, 0.1) is 6.61 Å². The lowest BCUT2D eigenvalue weighted by atomic mass is 10.6. The third-order valence-corrected chi connectivity index (χ3v) is 2.64. The molecule has 1 aliphatic heterocycles. The lowest BCUT2D eigenvalue weighted by Crippen LogP contribution is -2.27. The number of aromatic nitrogens is 4. The van der Waals surface area contributed by atoms with Crippen LogP contribution in [0.25, 0.3) is 11.2 Å². The highest BCUT2D eigenvalue weighted by Crippen LogP contribution is 2.17. The van der Waals surface area contributed by atoms with Gasteiger partial charge in [-0.05, 0) is 0 Å². The Morgan fingerprint density at radius 2 is 2.39 bits per heavy atom. The second-order valence-electron chi connectivity index (χ2n) is 3.52. The highest BCUT2D eigenvalue weighted by atomic mass is 35.5. The smallest absolute Gasteiger partial charge is 0.250 e. The maximum absolute atomic E-state index is 8.86. The second-order valence-corrected chi connectivity index (χ2v) is 3.88. The molecule has 0 spiro atoms. The standard InChI is InChI=1S/C9H9ClN4O4/c10-8-7-9(12-3-11-8)14(4-13-7)18-6-2-16-5(1-15)17-6/h3-6,15H,1-2H2/t5-,6-/m1/s1. The third-order valence-electron chi connectivity index (χ3n) is 2.36. The molecule has 0 aliphatic carbocycles. The highest BCUT2D eigenvalue weighted by molar-refractivity contribution is 6.33. The maximum Gasteiger partial charge on any atom is 0.250 e. The summed E-state index contributed by atoms with van der Waals surface area (Å²) in [6, 6.07) is 0. The van der Waals surface area contributed by atoms with Crippen molar-refractivity contribution in [1.82, 2.24) is 19.7 Å². The summed E-state index contributed by atoms with van der Waals surface area (Å²) < 4.78 is 11.7. The molecule has 1 fully saturated rings. The summed E-state index contributed by atoms with van der Waals surface area (Å²) in [5, 5.41) is 9.10. The molecule has 0 aromatic carbocycles. The van der Waals surface area contributed by atoms with Gasteiger partial charge in [-0.2, -0.15) is 0 Å². The Bertz CT molecular complexity index is 562. The maximum atomic E-state index is 8.86. The zero-order valence-corrected chi connectivity index (χ0v) is 9.82. The van der Waals surface area contributed by atoms with Gasteiger partial charge in [0.1, 0.15) is 24.8 Å². The molecule has 2 aromatic heterocycles. The highest BCUT2D eigenvalue weighted by Gasteiger charge is 2.28. The van der Waals surface area contributed by atoms with Crippen LogP contribution in [0.2, 0.25) is 5.15 Å². The van der Waals surface area contributed by atoms with Gasteiger partial charge in [-0.1, -0.05) is 11.6 Å². The van der Waals surface area contributed by atoms with Crippen LogP contribution >= 0.6 is 11.6 Å². The average molecular weight is 273 g/mol. The minimum atomic E-state index is -0.664. The number of fused-ring (bicyclic) bond motifs is 1. The molecule has 9 heteroatoms. The molecule has 96 valence electrons. The minimum absolute atomic E-state index is 0.212. The number of aliphatic hydroxyl groups excluding tert-OH is 1. The predicted octanol–water partition coefficient (Wildman–Crippen LogP) is -0.400. The van der Waals surface area contributed by atoms with Crippen molar-refractivity contribution >= 4 is 22.8 Å². The molecule has 1 N–H and O–H groups in total. The number of imidazole rings is 1. The average Bonchev–Trinajstić information content (AvgIpc) is 2.98. The van der Waals surface area contributed by atoms with Crippen molar-refractivity contribution in [2.45, 2.75) is 12.6 Å². The molecular formula is C9H9ClN4O4. The van der Waals surface area contributed by atoms with Crippen molar-refractivity contribution in [3.05, 3.63) is 17.8 Å². The van der Waals surface area contributed by atoms with Crippen LogP contribution in [0.4, 0.5) is 0 Å². The first-order valence-corrected chi connectivity index (χ1v) is 5.54. The van der Waals surface area contributed by atoms with Crippen molar-refractivity contribution in [3.8, 4) is 0 Å². The van der Waals surface area contributed by atoms with Crippen LogP contribution < -0.4 is 4.84 Å². The summed E-state index contributed by atoms with van der Waals surface area (Å²) in [6.45, 7) is -0.0117. The SMILES string of the molecule is OC[C@@H]1OC[C@@H](On2cnc3c(Cl)ncnc32)O1. The molecule has 3 rings (SSSR count). The lowest BCUT2D eigenvalue weighted by Gasteiger charge is -2.12. The van der Waals surface area contributed by atoms with E-state index in [4.69, 9.17) is 31.0 Å². The Balaban J connectivity index is 1.81. The van der Waals surface area contributed by atoms with Gasteiger partial charge in [-0.3, -0.25) is 0 Å². The van der Waals surface area contributed by atoms with Gasteiger partial charge >= 0.3 is 0 Å². The number of nitrogens with zero attached hydrogens (tertiary/aromatic N) is 4. The molecule has 8 nitrogen and oxygen atoms in total. The molecule has 0 bridgehead atoms. The van der Waals surface area contributed by atoms with Gasteiger partial charge in [-0.25, -0.2) is 15.0 Å². The Labute approximate surface area is 106 Å². The molecule has 1 aliphatic rings. The molecule has 18 heavy (non-hydrogen) atoms. The molecule has 3 heterocycles. The van der Waals surface area contributed by atoms with E-state index in [2.05, 4.69) is 15.0 Å². The number of ether oxygens (including phenoxy) is 2. The van der Waals surface area contributed by atoms with Crippen LogP contribution in [0.1, 0.15) is 0 Å². The molecule has 0 unspecified atom stereocenters. The largest absolute Gasteiger partial charge is 0.391 e. The lowest BCUT2D eigenvalue weighted by molar-refractivity contribution is -0.155. The Kier molecular flexibility index (Phi) is 3.00. The minimum Gasteiger partial charge on any atom is -0.391 e. The molecular weight excluding hydrogens is 264 g/mol. The molecule has 2 aromatic rings. The number of hydrogen-bond acceptors (Lipinski definition) is 7. The molecule has 0 amide bonds. The molecule has 0 saturated carbocycles. The predicted molar refractivity (Wildman–Crippen MR) is 58.6 cm³/mol. The fourth-order valence-electron chi connectivity index (χ4n) is 1.57. The summed E-state index contributed by atoms with van der Waals surface area (Å²) in [5.41, 5.74) is 0.878. The summed E-state index contributed by atoms with van der Waals surface area (Å²) in [5.74, 6) is 0.